The fourth-order valence-corrected chi connectivity index (χ4v) is 0.650. The quantitative estimate of drug-likeness (QED) is 0.632. The molecule has 1 rings (SSSR count). The predicted molar refractivity (Wildman–Crippen MR) is 34.0 cm³/mol. The SMILES string of the molecule is Nc1c#ccc(Br)n1. The van der Waals surface area contributed by atoms with E-state index in [1.165, 1.54) is 0 Å². The zero-order chi connectivity index (χ0) is 5.98. The highest BCUT2D eigenvalue weighted by atomic mass is 79.9. The molecule has 0 amide bonds. The van der Waals surface area contributed by atoms with E-state index in [9.17, 15) is 0 Å². The molecule has 0 aromatic carbocycles. The Labute approximate surface area is 55.9 Å². The van der Waals surface area contributed by atoms with E-state index in [4.69, 9.17) is 5.73 Å². The van der Waals surface area contributed by atoms with Crippen molar-refractivity contribution < 1.29 is 0 Å². The van der Waals surface area contributed by atoms with Crippen LogP contribution in [0.15, 0.2) is 10.7 Å². The number of nitrogens with two attached hydrogens (primary N) is 1. The van der Waals surface area contributed by atoms with E-state index in [-0.39, 0.29) is 0 Å². The number of halogens is 1. The fourth-order valence-electron chi connectivity index (χ4n) is 0.345. The molecule has 1 aromatic heterocycles. The number of nitrogens with zero attached hydrogens (tertiary/aromatic N) is 1. The van der Waals surface area contributed by atoms with E-state index in [0.717, 1.165) is 0 Å². The highest BCUT2D eigenvalue weighted by Gasteiger charge is 1.82. The van der Waals surface area contributed by atoms with Crippen molar-refractivity contribution in [1.82, 2.24) is 4.98 Å². The number of hydrogen-bond acceptors (Lipinski definition) is 2. The van der Waals surface area contributed by atoms with Crippen molar-refractivity contribution in [2.45, 2.75) is 0 Å². The summed E-state index contributed by atoms with van der Waals surface area (Å²) in [4.78, 5) is 3.78. The Morgan fingerprint density at radius 1 is 1.75 bits per heavy atom. The van der Waals surface area contributed by atoms with E-state index in [2.05, 4.69) is 33.0 Å². The number of aromatic nitrogens is 1. The molecule has 40 valence electrons. The minimum Gasteiger partial charge on any atom is -0.377 e. The van der Waals surface area contributed by atoms with Gasteiger partial charge < -0.3 is 5.73 Å². The van der Waals surface area contributed by atoms with Crippen molar-refractivity contribution in [3.05, 3.63) is 22.8 Å². The molecule has 2 N–H and O–H groups in total. The van der Waals surface area contributed by atoms with Gasteiger partial charge in [-0.2, -0.15) is 0 Å². The van der Waals surface area contributed by atoms with Gasteiger partial charge in [0, 0.05) is 6.07 Å². The topological polar surface area (TPSA) is 38.9 Å². The Morgan fingerprint density at radius 3 is 2.88 bits per heavy atom. The van der Waals surface area contributed by atoms with Gasteiger partial charge >= 0.3 is 0 Å². The molecule has 0 saturated carbocycles. The summed E-state index contributed by atoms with van der Waals surface area (Å²) in [5, 5.41) is 0. The summed E-state index contributed by atoms with van der Waals surface area (Å²) in [6, 6.07) is 6.90. The van der Waals surface area contributed by atoms with Crippen molar-refractivity contribution in [3.8, 4) is 0 Å². The molecule has 1 heterocycles. The standard InChI is InChI=1S/C5H3BrN2/c6-4-2-1-3-5(7)8-4/h2H,(H2,7,8). The van der Waals surface area contributed by atoms with Crippen molar-refractivity contribution >= 4 is 21.7 Å². The zero-order valence-electron chi connectivity index (χ0n) is 3.98. The maximum atomic E-state index is 5.23. The van der Waals surface area contributed by atoms with Crippen LogP contribution >= 0.6 is 15.9 Å². The van der Waals surface area contributed by atoms with Crippen LogP contribution in [0, 0.1) is 12.1 Å². The first kappa shape index (κ1) is 5.39. The molecule has 0 bridgehead atoms. The summed E-state index contributed by atoms with van der Waals surface area (Å²) >= 11 is 3.12. The zero-order valence-corrected chi connectivity index (χ0v) is 5.57. The number of rotatable bonds is 0. The Kier molecular flexibility index (Phi) is 1.36. The van der Waals surface area contributed by atoms with Crippen molar-refractivity contribution in [3.63, 3.8) is 0 Å². The molecule has 0 fully saturated rings. The van der Waals surface area contributed by atoms with E-state index in [1.54, 1.807) is 6.07 Å². The summed E-state index contributed by atoms with van der Waals surface area (Å²) in [5.74, 6) is 0.361. The summed E-state index contributed by atoms with van der Waals surface area (Å²) in [6.45, 7) is 0. The van der Waals surface area contributed by atoms with E-state index < -0.39 is 0 Å². The average molecular weight is 171 g/mol. The molecule has 0 spiro atoms. The molecule has 0 aliphatic heterocycles. The van der Waals surface area contributed by atoms with Crippen LogP contribution < -0.4 is 5.73 Å². The van der Waals surface area contributed by atoms with Crippen LogP contribution in [0.5, 0.6) is 0 Å². The van der Waals surface area contributed by atoms with E-state index >= 15 is 0 Å². The molecule has 0 aliphatic rings. The summed E-state index contributed by atoms with van der Waals surface area (Å²) in [7, 11) is 0. The van der Waals surface area contributed by atoms with E-state index in [0.29, 0.717) is 10.4 Å². The van der Waals surface area contributed by atoms with Gasteiger partial charge in [0.05, 0.1) is 0 Å². The van der Waals surface area contributed by atoms with Crippen LogP contribution in [0.3, 0.4) is 0 Å². The van der Waals surface area contributed by atoms with E-state index in [1.807, 2.05) is 0 Å². The first-order chi connectivity index (χ1) is 3.79. The second-order valence-corrected chi connectivity index (χ2v) is 2.05. The van der Waals surface area contributed by atoms with Gasteiger partial charge in [0.15, 0.2) is 5.82 Å². The Morgan fingerprint density at radius 2 is 2.50 bits per heavy atom. The number of hydrogen-bond donors (Lipinski definition) is 1. The van der Waals surface area contributed by atoms with Gasteiger partial charge in [-0.3, -0.25) is 0 Å². The Bertz CT molecular complexity index is 170. The molecule has 0 radical (unpaired) electrons. The van der Waals surface area contributed by atoms with Crippen LogP contribution in [0.2, 0.25) is 0 Å². The van der Waals surface area contributed by atoms with Crippen molar-refractivity contribution in [2.75, 3.05) is 5.73 Å². The van der Waals surface area contributed by atoms with Crippen LogP contribution in [0.4, 0.5) is 5.82 Å². The number of anilines is 1. The summed E-state index contributed by atoms with van der Waals surface area (Å²) in [5.41, 5.74) is 5.23. The first-order valence-electron chi connectivity index (χ1n) is 2.00. The maximum absolute atomic E-state index is 5.23. The largest absolute Gasteiger partial charge is 0.377 e. The van der Waals surface area contributed by atoms with Gasteiger partial charge in [-0.1, -0.05) is 6.07 Å². The molecule has 0 saturated heterocycles. The third-order valence-electron chi connectivity index (χ3n) is 0.619. The molecule has 8 heavy (non-hydrogen) atoms. The number of nitrogen functional groups attached to an aromatic ring is 1. The lowest BCUT2D eigenvalue weighted by Gasteiger charge is -1.83. The lowest BCUT2D eigenvalue weighted by Crippen LogP contribution is -1.85. The Balaban J connectivity index is 3.08. The highest BCUT2D eigenvalue weighted by Crippen LogP contribution is 2.02. The first-order valence-corrected chi connectivity index (χ1v) is 2.80. The lowest BCUT2D eigenvalue weighted by molar-refractivity contribution is 1.30. The van der Waals surface area contributed by atoms with Crippen molar-refractivity contribution in [2.24, 2.45) is 0 Å². The smallest absolute Gasteiger partial charge is 0.177 e. The molecule has 0 unspecified atom stereocenters. The second kappa shape index (κ2) is 2.01. The van der Waals surface area contributed by atoms with Gasteiger partial charge in [0.1, 0.15) is 4.60 Å². The van der Waals surface area contributed by atoms with Gasteiger partial charge in [-0.05, 0) is 22.0 Å². The molecule has 1 aromatic rings. The molecular weight excluding hydrogens is 168 g/mol. The van der Waals surface area contributed by atoms with Gasteiger partial charge in [-0.15, -0.1) is 0 Å². The molecule has 0 aliphatic carbocycles. The normalized spacial score (nSPS) is 8.12. The average Bonchev–Trinajstić information content (AvgIpc) is 1.64. The monoisotopic (exact) mass is 170 g/mol. The molecule has 3 heteroatoms. The van der Waals surface area contributed by atoms with Crippen molar-refractivity contribution in [1.29, 1.82) is 0 Å². The maximum Gasteiger partial charge on any atom is 0.177 e. The lowest BCUT2D eigenvalue weighted by atomic mass is 10.6. The molecule has 2 nitrogen and oxygen atoms in total. The third-order valence-corrected chi connectivity index (χ3v) is 1.03. The summed E-state index contributed by atoms with van der Waals surface area (Å²) < 4.78 is 0.689. The summed E-state index contributed by atoms with van der Waals surface area (Å²) in [6.07, 6.45) is 0. The third kappa shape index (κ3) is 1.11. The van der Waals surface area contributed by atoms with Crippen LogP contribution in [-0.2, 0) is 0 Å². The minimum absolute atomic E-state index is 0.361. The predicted octanol–water partition coefficient (Wildman–Crippen LogP) is 1.03. The molecular formula is C5H3BrN2. The second-order valence-electron chi connectivity index (χ2n) is 1.23. The van der Waals surface area contributed by atoms with Crippen LogP contribution in [-0.4, -0.2) is 4.98 Å². The Hall–Kier alpha value is -0.750. The molecule has 0 atom stereocenters. The van der Waals surface area contributed by atoms with Gasteiger partial charge in [0.2, 0.25) is 0 Å². The fraction of sp³-hybridized carbons (Fsp3) is 0. The van der Waals surface area contributed by atoms with Crippen LogP contribution in [0.25, 0.3) is 0 Å². The van der Waals surface area contributed by atoms with Gasteiger partial charge in [0.25, 0.3) is 0 Å². The van der Waals surface area contributed by atoms with Crippen LogP contribution in [0.1, 0.15) is 0 Å². The van der Waals surface area contributed by atoms with Gasteiger partial charge in [-0.25, -0.2) is 4.98 Å². The highest BCUT2D eigenvalue weighted by molar-refractivity contribution is 9.10. The minimum atomic E-state index is 0.361.